The van der Waals surface area contributed by atoms with Crippen LogP contribution >= 0.6 is 0 Å². The molecule has 2 fully saturated rings. The maximum Gasteiger partial charge on any atom is 0.0268 e. The van der Waals surface area contributed by atoms with E-state index < -0.39 is 0 Å². The first kappa shape index (κ1) is 10.4. The summed E-state index contributed by atoms with van der Waals surface area (Å²) in [7, 11) is 0. The molecule has 0 spiro atoms. The second-order valence-electron chi connectivity index (χ2n) is 4.80. The molecule has 2 rings (SSSR count). The molecule has 82 valence electrons. The molecule has 1 unspecified atom stereocenters. The van der Waals surface area contributed by atoms with Crippen molar-refractivity contribution in [3.05, 3.63) is 0 Å². The van der Waals surface area contributed by atoms with Crippen LogP contribution in [0.2, 0.25) is 0 Å². The van der Waals surface area contributed by atoms with E-state index in [-0.39, 0.29) is 0 Å². The van der Waals surface area contributed by atoms with Crippen LogP contribution in [0.3, 0.4) is 0 Å². The van der Waals surface area contributed by atoms with Crippen LogP contribution in [0.25, 0.3) is 0 Å². The Kier molecular flexibility index (Phi) is 3.45. The summed E-state index contributed by atoms with van der Waals surface area (Å²) in [6, 6.07) is 1.86. The zero-order valence-electron chi connectivity index (χ0n) is 9.71. The molecule has 0 amide bonds. The Morgan fingerprint density at radius 2 is 1.57 bits per heavy atom. The lowest BCUT2D eigenvalue weighted by Gasteiger charge is -2.33. The molecule has 2 atom stereocenters. The SMILES string of the molecule is CCCCN1CCN(CCC)[C@@H]2CC21. The number of hydrogen-bond acceptors (Lipinski definition) is 2. The summed E-state index contributed by atoms with van der Waals surface area (Å²) in [4.78, 5) is 5.42. The van der Waals surface area contributed by atoms with Gasteiger partial charge >= 0.3 is 0 Å². The third-order valence-corrected chi connectivity index (χ3v) is 3.65. The van der Waals surface area contributed by atoms with Gasteiger partial charge in [-0.2, -0.15) is 0 Å². The molecule has 14 heavy (non-hydrogen) atoms. The molecule has 1 heterocycles. The number of rotatable bonds is 5. The summed E-state index contributed by atoms with van der Waals surface area (Å²) in [5.74, 6) is 0. The van der Waals surface area contributed by atoms with Crippen LogP contribution < -0.4 is 0 Å². The average Bonchev–Trinajstić information content (AvgIpc) is 2.97. The van der Waals surface area contributed by atoms with Gasteiger partial charge in [0.25, 0.3) is 0 Å². The minimum absolute atomic E-state index is 0.931. The van der Waals surface area contributed by atoms with Gasteiger partial charge in [0.05, 0.1) is 0 Å². The van der Waals surface area contributed by atoms with Crippen LogP contribution in [0.1, 0.15) is 39.5 Å². The van der Waals surface area contributed by atoms with Gasteiger partial charge in [-0.05, 0) is 32.4 Å². The Bertz CT molecular complexity index is 181. The Hall–Kier alpha value is -0.0800. The van der Waals surface area contributed by atoms with E-state index in [0.29, 0.717) is 0 Å². The Morgan fingerprint density at radius 1 is 0.929 bits per heavy atom. The maximum absolute atomic E-state index is 2.72. The Labute approximate surface area is 88.3 Å². The lowest BCUT2D eigenvalue weighted by atomic mass is 10.2. The predicted octanol–water partition coefficient (Wildman–Crippen LogP) is 1.96. The molecule has 1 aliphatic carbocycles. The molecule has 0 aromatic carbocycles. The second kappa shape index (κ2) is 4.63. The molecule has 1 aliphatic heterocycles. The van der Waals surface area contributed by atoms with E-state index in [1.54, 1.807) is 0 Å². The first-order valence-corrected chi connectivity index (χ1v) is 6.35. The molecular formula is C12H24N2. The summed E-state index contributed by atoms with van der Waals surface area (Å²) in [5.41, 5.74) is 0. The van der Waals surface area contributed by atoms with E-state index in [1.807, 2.05) is 0 Å². The Morgan fingerprint density at radius 3 is 2.14 bits per heavy atom. The minimum atomic E-state index is 0.931. The summed E-state index contributed by atoms with van der Waals surface area (Å²) >= 11 is 0. The van der Waals surface area contributed by atoms with Crippen LogP contribution in [-0.2, 0) is 0 Å². The fraction of sp³-hybridized carbons (Fsp3) is 1.00. The summed E-state index contributed by atoms with van der Waals surface area (Å²) in [6.45, 7) is 9.89. The number of fused-ring (bicyclic) bond motifs is 1. The van der Waals surface area contributed by atoms with Gasteiger partial charge in [-0.25, -0.2) is 0 Å². The molecule has 0 radical (unpaired) electrons. The highest BCUT2D eigenvalue weighted by atomic mass is 15.4. The monoisotopic (exact) mass is 196 g/mol. The highest BCUT2D eigenvalue weighted by molar-refractivity contribution is 5.05. The normalized spacial score (nSPS) is 33.0. The predicted molar refractivity (Wildman–Crippen MR) is 60.5 cm³/mol. The third-order valence-electron chi connectivity index (χ3n) is 3.65. The number of hydrogen-bond donors (Lipinski definition) is 0. The van der Waals surface area contributed by atoms with Crippen molar-refractivity contribution in [2.24, 2.45) is 0 Å². The molecule has 1 saturated carbocycles. The summed E-state index contributed by atoms with van der Waals surface area (Å²) in [6.07, 6.45) is 5.49. The first-order chi connectivity index (χ1) is 6.86. The molecule has 0 aromatic heterocycles. The van der Waals surface area contributed by atoms with Crippen LogP contribution in [0.5, 0.6) is 0 Å². The van der Waals surface area contributed by atoms with Crippen molar-refractivity contribution in [3.63, 3.8) is 0 Å². The molecule has 1 saturated heterocycles. The smallest absolute Gasteiger partial charge is 0.0268 e. The van der Waals surface area contributed by atoms with E-state index in [1.165, 1.54) is 51.9 Å². The Balaban J connectivity index is 1.75. The summed E-state index contributed by atoms with van der Waals surface area (Å²) in [5, 5.41) is 0. The number of piperazine rings is 1. The van der Waals surface area contributed by atoms with Crippen LogP contribution in [0, 0.1) is 0 Å². The molecule has 2 heteroatoms. The molecule has 0 N–H and O–H groups in total. The number of unbranched alkanes of at least 4 members (excludes halogenated alkanes) is 1. The van der Waals surface area contributed by atoms with Gasteiger partial charge in [-0.15, -0.1) is 0 Å². The van der Waals surface area contributed by atoms with Gasteiger partial charge in [0.2, 0.25) is 0 Å². The molecule has 0 bridgehead atoms. The van der Waals surface area contributed by atoms with Crippen molar-refractivity contribution in [2.45, 2.75) is 51.6 Å². The van der Waals surface area contributed by atoms with Crippen molar-refractivity contribution in [2.75, 3.05) is 26.2 Å². The van der Waals surface area contributed by atoms with Gasteiger partial charge in [-0.1, -0.05) is 20.3 Å². The van der Waals surface area contributed by atoms with Gasteiger partial charge in [0.15, 0.2) is 0 Å². The van der Waals surface area contributed by atoms with E-state index in [9.17, 15) is 0 Å². The minimum Gasteiger partial charge on any atom is -0.298 e. The molecule has 2 nitrogen and oxygen atoms in total. The molecule has 2 aliphatic rings. The second-order valence-corrected chi connectivity index (χ2v) is 4.80. The average molecular weight is 196 g/mol. The van der Waals surface area contributed by atoms with E-state index >= 15 is 0 Å². The van der Waals surface area contributed by atoms with Crippen LogP contribution in [-0.4, -0.2) is 48.1 Å². The highest BCUT2D eigenvalue weighted by Gasteiger charge is 2.47. The zero-order chi connectivity index (χ0) is 9.97. The lowest BCUT2D eigenvalue weighted by Crippen LogP contribution is -2.46. The van der Waals surface area contributed by atoms with Gasteiger partial charge in [0, 0.05) is 25.2 Å². The van der Waals surface area contributed by atoms with E-state index in [4.69, 9.17) is 0 Å². The van der Waals surface area contributed by atoms with Crippen molar-refractivity contribution < 1.29 is 0 Å². The zero-order valence-corrected chi connectivity index (χ0v) is 9.71. The first-order valence-electron chi connectivity index (χ1n) is 6.35. The van der Waals surface area contributed by atoms with Crippen LogP contribution in [0.4, 0.5) is 0 Å². The van der Waals surface area contributed by atoms with E-state index in [0.717, 1.165) is 12.1 Å². The maximum atomic E-state index is 2.72. The molecule has 0 aromatic rings. The van der Waals surface area contributed by atoms with Crippen molar-refractivity contribution in [3.8, 4) is 0 Å². The van der Waals surface area contributed by atoms with Gasteiger partial charge in [0.1, 0.15) is 0 Å². The quantitative estimate of drug-likeness (QED) is 0.663. The molecular weight excluding hydrogens is 172 g/mol. The standard InChI is InChI=1S/C12H24N2/c1-3-5-7-14-9-8-13(6-4-2)11-10-12(11)14/h11-12H,3-10H2,1-2H3/t11-,12?/m1/s1. The summed E-state index contributed by atoms with van der Waals surface area (Å²) < 4.78 is 0. The largest absolute Gasteiger partial charge is 0.298 e. The van der Waals surface area contributed by atoms with E-state index in [2.05, 4.69) is 23.6 Å². The fourth-order valence-electron chi connectivity index (χ4n) is 2.75. The van der Waals surface area contributed by atoms with Crippen molar-refractivity contribution in [1.29, 1.82) is 0 Å². The third kappa shape index (κ3) is 2.12. The van der Waals surface area contributed by atoms with Crippen molar-refractivity contribution >= 4 is 0 Å². The van der Waals surface area contributed by atoms with Crippen LogP contribution in [0.15, 0.2) is 0 Å². The fourth-order valence-corrected chi connectivity index (χ4v) is 2.75. The van der Waals surface area contributed by atoms with Crippen molar-refractivity contribution in [1.82, 2.24) is 9.80 Å². The highest BCUT2D eigenvalue weighted by Crippen LogP contribution is 2.36. The topological polar surface area (TPSA) is 6.48 Å². The van der Waals surface area contributed by atoms with Gasteiger partial charge in [-0.3, -0.25) is 9.80 Å². The lowest BCUT2D eigenvalue weighted by molar-refractivity contribution is 0.127. The number of nitrogens with zero attached hydrogens (tertiary/aromatic N) is 2. The van der Waals surface area contributed by atoms with Gasteiger partial charge < -0.3 is 0 Å².